The molecule has 0 spiro atoms. The van der Waals surface area contributed by atoms with E-state index in [2.05, 4.69) is 0 Å². The van der Waals surface area contributed by atoms with Gasteiger partial charge < -0.3 is 71.0 Å². The molecule has 0 aromatic rings. The van der Waals surface area contributed by atoms with Crippen LogP contribution in [0.4, 0.5) is 0 Å². The molecule has 0 saturated heterocycles. The van der Waals surface area contributed by atoms with Crippen molar-refractivity contribution in [2.45, 2.75) is 39.3 Å². The standard InChI is InChI=1S/C6H18O16Si17/c1-38(2,3)22-23(7)24(8)25(9)26(10)27(11)28(12)29(13)30(14)31(15)32(16)33(17)34(18)35(19)36(20)37(21)39(4,5)6/h1-6H3. The third-order valence-corrected chi connectivity index (χ3v) is 127. The van der Waals surface area contributed by atoms with Gasteiger partial charge in [0.25, 0.3) is 0 Å². The SMILES string of the molecule is C[Si](C)(C)O[Si](=O)[Si](=O)[Si](=O)[Si](=O)[Si](=O)[Si](=O)[Si](=O)[Si](=O)[Si](=O)[Si](=O)[Si](=O)[Si](=O)[Si](=O)[Si](=O)[Si](=O)[Si](C)(C)C. The molecule has 39 heavy (non-hydrogen) atoms. The van der Waals surface area contributed by atoms with Crippen molar-refractivity contribution >= 4 is 132 Å². The van der Waals surface area contributed by atoms with Gasteiger partial charge in [-0.15, -0.1) is 0 Å². The van der Waals surface area contributed by atoms with Gasteiger partial charge in [0.1, 0.15) is 7.59 Å². The van der Waals surface area contributed by atoms with E-state index >= 15 is 0 Å². The maximum atomic E-state index is 12.4. The second-order valence-electron chi connectivity index (χ2n) is 9.36. The number of hydrogen-bond donors (Lipinski definition) is 0. The summed E-state index contributed by atoms with van der Waals surface area (Å²) in [5, 5.41) is 0. The zero-order chi connectivity index (χ0) is 31.4. The minimum Gasteiger partial charge on any atom is -0.578 e. The summed E-state index contributed by atoms with van der Waals surface area (Å²) in [5.74, 6) is 0. The first-order valence-electron chi connectivity index (χ1n) is 10.2. The number of hydrogen-bond acceptors (Lipinski definition) is 16. The lowest BCUT2D eigenvalue weighted by Gasteiger charge is -2.16. The normalized spacial score (nSPS) is 10.8. The van der Waals surface area contributed by atoms with Crippen LogP contribution < -0.4 is 0 Å². The van der Waals surface area contributed by atoms with Crippen LogP contribution in [0, 0.1) is 0 Å². The monoisotopic (exact) mass is 822 g/mol. The molecule has 206 valence electrons. The fraction of sp³-hybridized carbons (Fsp3) is 1.00. The quantitative estimate of drug-likeness (QED) is 0.125. The summed E-state index contributed by atoms with van der Waals surface area (Å²) in [6, 6.07) is 0. The second-order valence-corrected chi connectivity index (χ2v) is 93.6. The molecule has 0 saturated carbocycles. The average Bonchev–Trinajstić information content (AvgIpc) is 2.84. The molecule has 0 heterocycles. The molecule has 16 nitrogen and oxygen atoms in total. The van der Waals surface area contributed by atoms with Gasteiger partial charge in [0.05, 0.1) is 0 Å². The molecule has 0 atom stereocenters. The fourth-order valence-electron chi connectivity index (χ4n) is 2.00. The minimum atomic E-state index is -4.20. The predicted molar refractivity (Wildman–Crippen MR) is 144 cm³/mol. The maximum Gasteiger partial charge on any atom is 0.532 e. The van der Waals surface area contributed by atoms with Crippen LogP contribution in [0.1, 0.15) is 0 Å². The minimum absolute atomic E-state index is 1.54. The Bertz CT molecular complexity index is 1360. The first-order chi connectivity index (χ1) is 17.4. The predicted octanol–water partition coefficient (Wildman–Crippen LogP) is -4.82. The molecule has 0 aromatic carbocycles. The molecule has 0 radical (unpaired) electrons. The van der Waals surface area contributed by atoms with E-state index in [1.165, 1.54) is 19.6 Å². The Labute approximate surface area is 241 Å². The van der Waals surface area contributed by atoms with Crippen LogP contribution in [-0.2, 0) is 71.0 Å². The van der Waals surface area contributed by atoms with Gasteiger partial charge in [-0.25, -0.2) is 0 Å². The summed E-state index contributed by atoms with van der Waals surface area (Å²) >= 11 is 0. The molecule has 0 aromatic heterocycles. The molecule has 0 fully saturated rings. The summed E-state index contributed by atoms with van der Waals surface area (Å²) in [6.45, 7) is 9.30. The van der Waals surface area contributed by atoms with Crippen LogP contribution >= 0.6 is 0 Å². The summed E-state index contributed by atoms with van der Waals surface area (Å²) < 4.78 is 190. The van der Waals surface area contributed by atoms with Crippen LogP contribution in [0.3, 0.4) is 0 Å². The molecule has 0 aliphatic heterocycles. The first kappa shape index (κ1) is 39.5. The van der Waals surface area contributed by atoms with Gasteiger partial charge >= 0.3 is 116 Å². The van der Waals surface area contributed by atoms with Gasteiger partial charge in [-0.2, -0.15) is 0 Å². The molecule has 0 amide bonds. The number of rotatable bonds is 17. The molecule has 0 bridgehead atoms. The lowest BCUT2D eigenvalue weighted by molar-refractivity contribution is 0.462. The highest BCUT2D eigenvalue weighted by molar-refractivity contribution is 7.81. The van der Waals surface area contributed by atoms with E-state index in [9.17, 15) is 66.9 Å². The van der Waals surface area contributed by atoms with Crippen LogP contribution in [0.25, 0.3) is 0 Å². The van der Waals surface area contributed by atoms with Gasteiger partial charge in [-0.05, 0) is 19.6 Å². The van der Waals surface area contributed by atoms with E-state index in [0.29, 0.717) is 0 Å². The topological polar surface area (TPSA) is 265 Å². The van der Waals surface area contributed by atoms with E-state index in [1.807, 2.05) is 0 Å². The molecule has 0 rings (SSSR count). The first-order valence-corrected chi connectivity index (χ1v) is 53.2. The fourth-order valence-corrected chi connectivity index (χ4v) is 180. The van der Waals surface area contributed by atoms with E-state index in [0.717, 1.165) is 0 Å². The highest BCUT2D eigenvalue weighted by Gasteiger charge is 2.55. The van der Waals surface area contributed by atoms with Gasteiger partial charge in [0, 0.05) is 0 Å². The Hall–Kier alpha value is 0.487. The van der Waals surface area contributed by atoms with E-state index < -0.39 is 132 Å². The van der Waals surface area contributed by atoms with Crippen molar-refractivity contribution < 1.29 is 71.0 Å². The Morgan fingerprint density at radius 2 is 0.538 bits per heavy atom. The summed E-state index contributed by atoms with van der Waals surface area (Å²) in [5.41, 5.74) is 0. The Balaban J connectivity index is 5.63. The van der Waals surface area contributed by atoms with E-state index in [-0.39, 0.29) is 0 Å². The Morgan fingerprint density at radius 3 is 0.744 bits per heavy atom. The molecule has 0 aliphatic rings. The van der Waals surface area contributed by atoms with Crippen molar-refractivity contribution in [2.24, 2.45) is 0 Å². The highest BCUT2D eigenvalue weighted by atomic mass is 30.1. The molecular formula is C6H18O16Si17. The van der Waals surface area contributed by atoms with Crippen molar-refractivity contribution in [3.05, 3.63) is 0 Å². The largest absolute Gasteiger partial charge is 0.578 e. The van der Waals surface area contributed by atoms with Crippen molar-refractivity contribution in [2.75, 3.05) is 0 Å². The molecule has 0 N–H and O–H groups in total. The zero-order valence-corrected chi connectivity index (χ0v) is 38.0. The van der Waals surface area contributed by atoms with Crippen molar-refractivity contribution in [3.8, 4) is 0 Å². The lowest BCUT2D eigenvalue weighted by atomic mass is 11.8. The van der Waals surface area contributed by atoms with E-state index in [4.69, 9.17) is 4.12 Å². The third kappa shape index (κ3) is 11.2. The molecular weight excluding hydrogens is 806 g/mol. The van der Waals surface area contributed by atoms with E-state index in [1.54, 1.807) is 19.6 Å². The van der Waals surface area contributed by atoms with Crippen molar-refractivity contribution in [1.82, 2.24) is 0 Å². The zero-order valence-electron chi connectivity index (χ0n) is 21.0. The van der Waals surface area contributed by atoms with Gasteiger partial charge in [0.2, 0.25) is 8.32 Å². The highest BCUT2D eigenvalue weighted by Crippen LogP contribution is 2.02. The van der Waals surface area contributed by atoms with Gasteiger partial charge in [0.15, 0.2) is 0 Å². The van der Waals surface area contributed by atoms with Gasteiger partial charge in [-0.1, -0.05) is 19.6 Å². The molecule has 0 aliphatic carbocycles. The smallest absolute Gasteiger partial charge is 0.532 e. The lowest BCUT2D eigenvalue weighted by Crippen LogP contribution is -2.57. The Kier molecular flexibility index (Phi) is 16.0. The van der Waals surface area contributed by atoms with Gasteiger partial charge in [-0.3, -0.25) is 0 Å². The summed E-state index contributed by atoms with van der Waals surface area (Å²) in [6.07, 6.45) is 0. The molecule has 0 unspecified atom stereocenters. The molecule has 33 heteroatoms. The summed E-state index contributed by atoms with van der Waals surface area (Å²) in [4.78, 5) is 0. The summed E-state index contributed by atoms with van der Waals surface area (Å²) in [7, 11) is -63.3. The van der Waals surface area contributed by atoms with Crippen LogP contribution in [0.2, 0.25) is 39.3 Å². The Morgan fingerprint density at radius 1 is 0.333 bits per heavy atom. The van der Waals surface area contributed by atoms with Crippen molar-refractivity contribution in [3.63, 3.8) is 0 Å². The maximum absolute atomic E-state index is 12.4. The van der Waals surface area contributed by atoms with Crippen LogP contribution in [-0.4, -0.2) is 132 Å². The van der Waals surface area contributed by atoms with Crippen LogP contribution in [0.5, 0.6) is 0 Å². The average molecular weight is 824 g/mol. The van der Waals surface area contributed by atoms with Crippen molar-refractivity contribution in [1.29, 1.82) is 0 Å². The third-order valence-electron chi connectivity index (χ3n) is 3.95. The second kappa shape index (κ2) is 15.8. The van der Waals surface area contributed by atoms with Crippen LogP contribution in [0.15, 0.2) is 0 Å².